The van der Waals surface area contributed by atoms with E-state index in [2.05, 4.69) is 53.3 Å². The highest BCUT2D eigenvalue weighted by Gasteiger charge is 2.29. The van der Waals surface area contributed by atoms with Gasteiger partial charge in [-0.25, -0.2) is 4.79 Å². The minimum atomic E-state index is -0.223. The van der Waals surface area contributed by atoms with E-state index in [0.717, 1.165) is 55.9 Å². The predicted molar refractivity (Wildman–Crippen MR) is 129 cm³/mol. The van der Waals surface area contributed by atoms with Crippen molar-refractivity contribution in [1.29, 1.82) is 0 Å². The lowest BCUT2D eigenvalue weighted by atomic mass is 10.0. The minimum absolute atomic E-state index is 0.100. The van der Waals surface area contributed by atoms with Crippen LogP contribution >= 0.6 is 0 Å². The molecule has 1 N–H and O–H groups in total. The molecule has 0 saturated carbocycles. The number of amides is 1. The summed E-state index contributed by atoms with van der Waals surface area (Å²) in [5.41, 5.74) is 4.53. The lowest BCUT2D eigenvalue weighted by Gasteiger charge is -2.39. The second kappa shape index (κ2) is 10.7. The molecule has 2 aliphatic heterocycles. The Kier molecular flexibility index (Phi) is 7.73. The van der Waals surface area contributed by atoms with Crippen LogP contribution < -0.4 is 5.32 Å². The van der Waals surface area contributed by atoms with Gasteiger partial charge in [-0.15, -0.1) is 5.10 Å². The molecule has 1 aromatic carbocycles. The van der Waals surface area contributed by atoms with Gasteiger partial charge in [-0.2, -0.15) is 0 Å². The Morgan fingerprint density at radius 1 is 1.26 bits per heavy atom. The van der Waals surface area contributed by atoms with Crippen molar-refractivity contribution >= 4 is 17.8 Å². The molecule has 0 bridgehead atoms. The standard InChI is InChI=1S/C25H37N5O4/c1-16(2)33-25(31)30-9-8-29(13-18(30)4)14-21-11-17(3)12-22(19(21)5)26-24-28-27-23(34-24)20-7-6-10-32-15-20/h11-12,16,18,20H,6-10,13-15H2,1-5H3,(H,26,28)/t18-,20-/m0/s1. The van der Waals surface area contributed by atoms with Crippen molar-refractivity contribution < 1.29 is 18.7 Å². The van der Waals surface area contributed by atoms with Crippen LogP contribution in [0.25, 0.3) is 0 Å². The number of hydrogen-bond donors (Lipinski definition) is 1. The number of nitrogens with one attached hydrogen (secondary N) is 1. The predicted octanol–water partition coefficient (Wildman–Crippen LogP) is 4.38. The van der Waals surface area contributed by atoms with E-state index in [1.807, 2.05) is 18.7 Å². The summed E-state index contributed by atoms with van der Waals surface area (Å²) in [6, 6.07) is 4.84. The van der Waals surface area contributed by atoms with Crippen LogP contribution in [-0.2, 0) is 16.0 Å². The molecule has 2 aromatic rings. The summed E-state index contributed by atoms with van der Waals surface area (Å²) >= 11 is 0. The van der Waals surface area contributed by atoms with Crippen molar-refractivity contribution in [1.82, 2.24) is 20.0 Å². The van der Waals surface area contributed by atoms with Crippen molar-refractivity contribution in [2.24, 2.45) is 0 Å². The second-order valence-corrected chi connectivity index (χ2v) is 9.79. The van der Waals surface area contributed by atoms with Crippen molar-refractivity contribution in [3.05, 3.63) is 34.7 Å². The summed E-state index contributed by atoms with van der Waals surface area (Å²) in [5, 5.41) is 11.8. The molecule has 0 unspecified atom stereocenters. The fourth-order valence-electron chi connectivity index (χ4n) is 4.69. The van der Waals surface area contributed by atoms with Gasteiger partial charge in [0.25, 0.3) is 0 Å². The summed E-state index contributed by atoms with van der Waals surface area (Å²) in [5.74, 6) is 0.806. The van der Waals surface area contributed by atoms with Gasteiger partial charge in [0.2, 0.25) is 5.89 Å². The van der Waals surface area contributed by atoms with E-state index in [-0.39, 0.29) is 24.2 Å². The Bertz CT molecular complexity index is 986. The summed E-state index contributed by atoms with van der Waals surface area (Å²) in [6.45, 7) is 14.6. The van der Waals surface area contributed by atoms with Crippen molar-refractivity contribution in [3.8, 4) is 0 Å². The number of aryl methyl sites for hydroxylation is 1. The first-order chi connectivity index (χ1) is 16.3. The van der Waals surface area contributed by atoms with Gasteiger partial charge in [-0.05, 0) is 70.2 Å². The highest BCUT2D eigenvalue weighted by molar-refractivity contribution is 5.68. The van der Waals surface area contributed by atoms with Crippen LogP contribution in [0.3, 0.4) is 0 Å². The van der Waals surface area contributed by atoms with Crippen LogP contribution in [0.2, 0.25) is 0 Å². The molecular weight excluding hydrogens is 434 g/mol. The zero-order chi connectivity index (χ0) is 24.2. The second-order valence-electron chi connectivity index (χ2n) is 9.79. The van der Waals surface area contributed by atoms with E-state index in [1.165, 1.54) is 5.56 Å². The number of ether oxygens (including phenoxy) is 2. The molecule has 4 rings (SSSR count). The van der Waals surface area contributed by atoms with Crippen LogP contribution in [0.1, 0.15) is 62.1 Å². The number of aromatic nitrogens is 2. The number of carbonyl (C=O) groups excluding carboxylic acids is 1. The van der Waals surface area contributed by atoms with Gasteiger partial charge in [0, 0.05) is 44.5 Å². The summed E-state index contributed by atoms with van der Waals surface area (Å²) in [6.07, 6.45) is 1.70. The van der Waals surface area contributed by atoms with E-state index < -0.39 is 0 Å². The van der Waals surface area contributed by atoms with E-state index >= 15 is 0 Å². The molecule has 1 aromatic heterocycles. The molecule has 0 aliphatic carbocycles. The number of piperazine rings is 1. The van der Waals surface area contributed by atoms with Gasteiger partial charge >= 0.3 is 12.1 Å². The Morgan fingerprint density at radius 2 is 2.09 bits per heavy atom. The third-order valence-electron chi connectivity index (χ3n) is 6.53. The fraction of sp³-hybridized carbons (Fsp3) is 0.640. The molecule has 34 heavy (non-hydrogen) atoms. The summed E-state index contributed by atoms with van der Waals surface area (Å²) in [4.78, 5) is 16.6. The molecule has 2 fully saturated rings. The van der Waals surface area contributed by atoms with Gasteiger partial charge in [0.15, 0.2) is 0 Å². The SMILES string of the molecule is Cc1cc(CN2CCN(C(=O)OC(C)C)[C@@H](C)C2)c(C)c(Nc2nnc([C@H]3CCCOC3)o2)c1. The number of rotatable bonds is 6. The molecular formula is C25H37N5O4. The molecule has 1 amide bonds. The zero-order valence-corrected chi connectivity index (χ0v) is 21.0. The maximum atomic E-state index is 12.4. The zero-order valence-electron chi connectivity index (χ0n) is 21.0. The average Bonchev–Trinajstić information content (AvgIpc) is 3.25. The lowest BCUT2D eigenvalue weighted by molar-refractivity contribution is 0.0349. The Labute approximate surface area is 201 Å². The quantitative estimate of drug-likeness (QED) is 0.664. The lowest BCUT2D eigenvalue weighted by Crippen LogP contribution is -2.54. The summed E-state index contributed by atoms with van der Waals surface area (Å²) in [7, 11) is 0. The van der Waals surface area contributed by atoms with E-state index in [1.54, 1.807) is 0 Å². The Balaban J connectivity index is 1.41. The third-order valence-corrected chi connectivity index (χ3v) is 6.53. The molecule has 3 heterocycles. The van der Waals surface area contributed by atoms with Gasteiger partial charge in [0.1, 0.15) is 0 Å². The van der Waals surface area contributed by atoms with Gasteiger partial charge in [0.05, 0.1) is 18.6 Å². The first-order valence-corrected chi connectivity index (χ1v) is 12.3. The minimum Gasteiger partial charge on any atom is -0.447 e. The van der Waals surface area contributed by atoms with Crippen LogP contribution in [0, 0.1) is 13.8 Å². The van der Waals surface area contributed by atoms with Crippen molar-refractivity contribution in [3.63, 3.8) is 0 Å². The van der Waals surface area contributed by atoms with Crippen LogP contribution in [0.4, 0.5) is 16.5 Å². The van der Waals surface area contributed by atoms with Crippen molar-refractivity contribution in [2.75, 3.05) is 38.2 Å². The fourth-order valence-corrected chi connectivity index (χ4v) is 4.69. The number of nitrogens with zero attached hydrogens (tertiary/aromatic N) is 4. The monoisotopic (exact) mass is 471 g/mol. The summed E-state index contributed by atoms with van der Waals surface area (Å²) < 4.78 is 16.9. The van der Waals surface area contributed by atoms with Crippen molar-refractivity contribution in [2.45, 2.75) is 72.1 Å². The first-order valence-electron chi connectivity index (χ1n) is 12.3. The van der Waals surface area contributed by atoms with Gasteiger partial charge in [-0.3, -0.25) is 4.90 Å². The third kappa shape index (κ3) is 5.88. The molecule has 2 aliphatic rings. The Hall–Kier alpha value is -2.65. The number of benzene rings is 1. The molecule has 0 spiro atoms. The molecule has 9 heteroatoms. The maximum Gasteiger partial charge on any atom is 0.410 e. The van der Waals surface area contributed by atoms with Crippen LogP contribution in [0.5, 0.6) is 0 Å². The molecule has 2 atom stereocenters. The molecule has 186 valence electrons. The van der Waals surface area contributed by atoms with E-state index in [9.17, 15) is 4.79 Å². The van der Waals surface area contributed by atoms with Crippen LogP contribution in [0.15, 0.2) is 16.5 Å². The molecule has 0 radical (unpaired) electrons. The normalized spacial score (nSPS) is 21.6. The molecule has 9 nitrogen and oxygen atoms in total. The molecule has 2 saturated heterocycles. The smallest absolute Gasteiger partial charge is 0.410 e. The van der Waals surface area contributed by atoms with Crippen LogP contribution in [-0.4, -0.2) is 71.1 Å². The van der Waals surface area contributed by atoms with E-state index in [4.69, 9.17) is 13.9 Å². The largest absolute Gasteiger partial charge is 0.447 e. The number of anilines is 2. The van der Waals surface area contributed by atoms with Gasteiger partial charge in [-0.1, -0.05) is 11.2 Å². The van der Waals surface area contributed by atoms with Gasteiger partial charge < -0.3 is 24.1 Å². The number of carbonyl (C=O) groups is 1. The highest BCUT2D eigenvalue weighted by atomic mass is 16.6. The Morgan fingerprint density at radius 3 is 2.79 bits per heavy atom. The first kappa shape index (κ1) is 24.5. The van der Waals surface area contributed by atoms with E-state index in [0.29, 0.717) is 25.1 Å². The highest BCUT2D eigenvalue weighted by Crippen LogP contribution is 2.29. The topological polar surface area (TPSA) is 93.0 Å². The number of hydrogen-bond acceptors (Lipinski definition) is 8. The average molecular weight is 472 g/mol. The maximum absolute atomic E-state index is 12.4.